The summed E-state index contributed by atoms with van der Waals surface area (Å²) < 4.78 is 14.2. The number of imidazole rings is 1. The van der Waals surface area contributed by atoms with Crippen molar-refractivity contribution in [1.82, 2.24) is 9.55 Å². The Labute approximate surface area is 214 Å². The fraction of sp³-hybridized carbons (Fsp3) is 0.654. The summed E-state index contributed by atoms with van der Waals surface area (Å²) in [6.45, 7) is 11.8. The van der Waals surface area contributed by atoms with Gasteiger partial charge in [-0.1, -0.05) is 87.8 Å². The summed E-state index contributed by atoms with van der Waals surface area (Å²) in [5.41, 5.74) is 1.08. The monoisotopic (exact) mass is 514 g/mol. The van der Waals surface area contributed by atoms with Crippen molar-refractivity contribution >= 4 is 35.0 Å². The number of rotatable bonds is 15. The van der Waals surface area contributed by atoms with E-state index in [1.807, 2.05) is 26.0 Å². The lowest BCUT2D eigenvalue weighted by Crippen LogP contribution is -2.30. The molecule has 0 aliphatic carbocycles. The van der Waals surface area contributed by atoms with Crippen molar-refractivity contribution in [3.63, 3.8) is 0 Å². The minimum Gasteiger partial charge on any atom is -0.351 e. The van der Waals surface area contributed by atoms with E-state index in [2.05, 4.69) is 32.4 Å². The molecule has 2 rings (SSSR count). The highest BCUT2D eigenvalue weighted by molar-refractivity contribution is 7.99. The lowest BCUT2D eigenvalue weighted by Gasteiger charge is -2.25. The normalized spacial score (nSPS) is 12.2. The smallest absolute Gasteiger partial charge is 0.162 e. The number of hydrogen-bond donors (Lipinski definition) is 0. The Bertz CT molecular complexity index is 848. The molecule has 2 aromatic rings. The van der Waals surface area contributed by atoms with E-state index >= 15 is 0 Å². The predicted octanol–water partition coefficient (Wildman–Crippen LogP) is 8.67. The van der Waals surface area contributed by atoms with Gasteiger partial charge in [0.1, 0.15) is 10.9 Å². The molecule has 1 aromatic heterocycles. The van der Waals surface area contributed by atoms with Crippen LogP contribution in [0.15, 0.2) is 28.1 Å². The van der Waals surface area contributed by atoms with Crippen LogP contribution < -0.4 is 0 Å². The van der Waals surface area contributed by atoms with Crippen LogP contribution in [0.4, 0.5) is 0 Å². The molecule has 4 nitrogen and oxygen atoms in total. The third-order valence-electron chi connectivity index (χ3n) is 5.48. The van der Waals surface area contributed by atoms with Crippen LogP contribution in [0.25, 0.3) is 0 Å². The van der Waals surface area contributed by atoms with Crippen LogP contribution in [0.3, 0.4) is 0 Å². The molecule has 0 unspecified atom stereocenters. The van der Waals surface area contributed by atoms with E-state index in [9.17, 15) is 0 Å². The van der Waals surface area contributed by atoms with Gasteiger partial charge in [-0.15, -0.1) is 0 Å². The second-order valence-electron chi connectivity index (χ2n) is 9.25. The van der Waals surface area contributed by atoms with Gasteiger partial charge < -0.3 is 14.0 Å². The van der Waals surface area contributed by atoms with E-state index in [1.165, 1.54) is 32.1 Å². The molecule has 186 valence electrons. The van der Waals surface area contributed by atoms with Gasteiger partial charge in [0.15, 0.2) is 5.79 Å². The maximum atomic E-state index is 6.20. The van der Waals surface area contributed by atoms with E-state index in [-0.39, 0.29) is 0 Å². The standard InChI is InChI=1S/C26H40Cl2N2O2S/c1-7-8-9-10-11-12-14-31-26(4,5)32-15-13-23-29-24(19(2)3)25(30(23)6)33-22-17-20(27)16-21(28)18-22/h16-19H,7-15H2,1-6H3. The SMILES string of the molecule is CCCCCCCCOC(C)(C)OCCc1nc(C(C)C)c(Sc2cc(Cl)cc(Cl)c2)n1C. The maximum absolute atomic E-state index is 6.20. The molecule has 0 aliphatic rings. The Morgan fingerprint density at radius 3 is 2.21 bits per heavy atom. The molecule has 0 amide bonds. The van der Waals surface area contributed by atoms with E-state index in [4.69, 9.17) is 37.7 Å². The second-order valence-corrected chi connectivity index (χ2v) is 11.2. The Balaban J connectivity index is 1.92. The Hall–Kier alpha value is -0.720. The molecule has 1 aromatic carbocycles. The highest BCUT2D eigenvalue weighted by Gasteiger charge is 2.21. The van der Waals surface area contributed by atoms with Gasteiger partial charge >= 0.3 is 0 Å². The molecule has 0 saturated heterocycles. The summed E-state index contributed by atoms with van der Waals surface area (Å²) in [5.74, 6) is 0.714. The highest BCUT2D eigenvalue weighted by Crippen LogP contribution is 2.36. The van der Waals surface area contributed by atoms with Gasteiger partial charge in [-0.3, -0.25) is 0 Å². The van der Waals surface area contributed by atoms with Crippen molar-refractivity contribution in [3.8, 4) is 0 Å². The fourth-order valence-corrected chi connectivity index (χ4v) is 5.48. The zero-order valence-corrected chi connectivity index (χ0v) is 23.4. The van der Waals surface area contributed by atoms with Crippen molar-refractivity contribution in [3.05, 3.63) is 39.8 Å². The predicted molar refractivity (Wildman–Crippen MR) is 141 cm³/mol. The average molecular weight is 516 g/mol. The average Bonchev–Trinajstić information content (AvgIpc) is 3.02. The van der Waals surface area contributed by atoms with Gasteiger partial charge in [0, 0.05) is 35.0 Å². The zero-order valence-electron chi connectivity index (χ0n) is 21.0. The summed E-state index contributed by atoms with van der Waals surface area (Å²) in [4.78, 5) is 5.94. The van der Waals surface area contributed by atoms with Gasteiger partial charge in [-0.05, 0) is 44.4 Å². The quantitative estimate of drug-likeness (QED) is 0.176. The molecule has 0 bridgehead atoms. The number of unbranched alkanes of at least 4 members (excludes halogenated alkanes) is 5. The van der Waals surface area contributed by atoms with Gasteiger partial charge in [0.2, 0.25) is 0 Å². The number of ether oxygens (including phenoxy) is 2. The van der Waals surface area contributed by atoms with Crippen LogP contribution in [-0.2, 0) is 22.9 Å². The van der Waals surface area contributed by atoms with Crippen LogP contribution >= 0.6 is 35.0 Å². The molecule has 33 heavy (non-hydrogen) atoms. The Morgan fingerprint density at radius 1 is 0.970 bits per heavy atom. The van der Waals surface area contributed by atoms with Crippen molar-refractivity contribution in [2.75, 3.05) is 13.2 Å². The largest absolute Gasteiger partial charge is 0.351 e. The van der Waals surface area contributed by atoms with Crippen molar-refractivity contribution < 1.29 is 9.47 Å². The second kappa shape index (κ2) is 14.0. The fourth-order valence-electron chi connectivity index (χ4n) is 3.60. The molecule has 0 aliphatic heterocycles. The maximum Gasteiger partial charge on any atom is 0.162 e. The summed E-state index contributed by atoms with van der Waals surface area (Å²) in [6.07, 6.45) is 8.24. The van der Waals surface area contributed by atoms with Gasteiger partial charge in [0.25, 0.3) is 0 Å². The number of nitrogens with zero attached hydrogens (tertiary/aromatic N) is 2. The molecule has 0 atom stereocenters. The van der Waals surface area contributed by atoms with Crippen molar-refractivity contribution in [2.45, 2.75) is 101 Å². The minimum absolute atomic E-state index is 0.306. The first-order valence-corrected chi connectivity index (χ1v) is 13.7. The van der Waals surface area contributed by atoms with Crippen LogP contribution in [0.5, 0.6) is 0 Å². The van der Waals surface area contributed by atoms with Crippen LogP contribution in [0.1, 0.15) is 90.6 Å². The zero-order chi connectivity index (χ0) is 24.4. The van der Waals surface area contributed by atoms with E-state index in [1.54, 1.807) is 17.8 Å². The summed E-state index contributed by atoms with van der Waals surface area (Å²) >= 11 is 14.0. The lowest BCUT2D eigenvalue weighted by molar-refractivity contribution is -0.213. The summed E-state index contributed by atoms with van der Waals surface area (Å²) in [5, 5.41) is 2.38. The first-order chi connectivity index (χ1) is 15.6. The number of benzene rings is 1. The van der Waals surface area contributed by atoms with Crippen molar-refractivity contribution in [2.24, 2.45) is 7.05 Å². The first kappa shape index (κ1) is 28.5. The molecule has 0 radical (unpaired) electrons. The lowest BCUT2D eigenvalue weighted by atomic mass is 10.1. The molecule has 0 spiro atoms. The highest BCUT2D eigenvalue weighted by atomic mass is 35.5. The third kappa shape index (κ3) is 9.81. The number of aromatic nitrogens is 2. The Morgan fingerprint density at radius 2 is 1.58 bits per heavy atom. The van der Waals surface area contributed by atoms with Gasteiger partial charge in [-0.25, -0.2) is 4.98 Å². The summed E-state index contributed by atoms with van der Waals surface area (Å²) in [7, 11) is 2.06. The molecular formula is C26H40Cl2N2O2S. The van der Waals surface area contributed by atoms with Crippen molar-refractivity contribution in [1.29, 1.82) is 0 Å². The van der Waals surface area contributed by atoms with Crippen LogP contribution in [0.2, 0.25) is 10.0 Å². The summed E-state index contributed by atoms with van der Waals surface area (Å²) in [6, 6.07) is 5.61. The van der Waals surface area contributed by atoms with Crippen LogP contribution in [-0.4, -0.2) is 28.6 Å². The molecule has 0 fully saturated rings. The molecule has 0 saturated carbocycles. The minimum atomic E-state index is -0.593. The number of hydrogen-bond acceptors (Lipinski definition) is 4. The van der Waals surface area contributed by atoms with Gasteiger partial charge in [0.05, 0.1) is 12.3 Å². The van der Waals surface area contributed by atoms with E-state index in [0.717, 1.165) is 40.9 Å². The third-order valence-corrected chi connectivity index (χ3v) is 7.06. The molecule has 1 heterocycles. The Kier molecular flexibility index (Phi) is 12.1. The van der Waals surface area contributed by atoms with Gasteiger partial charge in [-0.2, -0.15) is 0 Å². The van der Waals surface area contributed by atoms with Crippen LogP contribution in [0, 0.1) is 0 Å². The van der Waals surface area contributed by atoms with E-state index < -0.39 is 5.79 Å². The molecule has 0 N–H and O–H groups in total. The van der Waals surface area contributed by atoms with E-state index in [0.29, 0.717) is 22.6 Å². The first-order valence-electron chi connectivity index (χ1n) is 12.1. The molecular weight excluding hydrogens is 475 g/mol. The number of halogens is 2. The topological polar surface area (TPSA) is 36.3 Å². The molecule has 7 heteroatoms.